The highest BCUT2D eigenvalue weighted by molar-refractivity contribution is 7.89. The van der Waals surface area contributed by atoms with Crippen LogP contribution in [0.5, 0.6) is 11.5 Å². The van der Waals surface area contributed by atoms with E-state index in [1.165, 1.54) is 18.4 Å². The summed E-state index contributed by atoms with van der Waals surface area (Å²) in [5.74, 6) is 1.70. The number of ether oxygens (including phenoxy) is 2. The molecule has 2 N–H and O–H groups in total. The van der Waals surface area contributed by atoms with Gasteiger partial charge in [-0.25, -0.2) is 12.7 Å². The lowest BCUT2D eigenvalue weighted by atomic mass is 10.2. The zero-order valence-electron chi connectivity index (χ0n) is 16.7. The Hall–Kier alpha value is -2.78. The fraction of sp³-hybridized carbons (Fsp3) is 0.316. The molecule has 28 heavy (non-hydrogen) atoms. The van der Waals surface area contributed by atoms with Gasteiger partial charge in [-0.2, -0.15) is 0 Å². The van der Waals surface area contributed by atoms with Crippen LogP contribution in [-0.4, -0.2) is 54.0 Å². The smallest absolute Gasteiger partial charge is 0.242 e. The number of nitrogens with zero attached hydrogens (tertiary/aromatic N) is 2. The van der Waals surface area contributed by atoms with Gasteiger partial charge in [0, 0.05) is 39.4 Å². The predicted molar refractivity (Wildman–Crippen MR) is 111 cm³/mol. The predicted octanol–water partition coefficient (Wildman–Crippen LogP) is 2.14. The summed E-state index contributed by atoms with van der Waals surface area (Å²) in [5, 5.41) is 6.28. The molecule has 2 aromatic rings. The van der Waals surface area contributed by atoms with E-state index in [1.807, 2.05) is 6.07 Å². The molecule has 8 nitrogen and oxygen atoms in total. The molecule has 0 aliphatic carbocycles. The summed E-state index contributed by atoms with van der Waals surface area (Å²) in [7, 11) is 4.26. The molecule has 0 atom stereocenters. The lowest BCUT2D eigenvalue weighted by molar-refractivity contribution is 0.355. The van der Waals surface area contributed by atoms with Gasteiger partial charge < -0.3 is 20.1 Å². The average Bonchev–Trinajstić information content (AvgIpc) is 2.70. The van der Waals surface area contributed by atoms with Crippen LogP contribution < -0.4 is 20.1 Å². The molecule has 0 unspecified atom stereocenters. The van der Waals surface area contributed by atoms with Crippen LogP contribution in [-0.2, 0) is 16.6 Å². The molecule has 0 saturated carbocycles. The number of anilines is 1. The molecule has 0 radical (unpaired) electrons. The van der Waals surface area contributed by atoms with Gasteiger partial charge in [-0.15, -0.1) is 0 Å². The van der Waals surface area contributed by atoms with Crippen molar-refractivity contribution < 1.29 is 17.9 Å². The van der Waals surface area contributed by atoms with Crippen LogP contribution in [0.2, 0.25) is 0 Å². The molecule has 0 saturated heterocycles. The Kier molecular flexibility index (Phi) is 7.24. The molecule has 2 aromatic carbocycles. The number of methoxy groups -OCH3 is 2. The molecular formula is C19H26N4O4S. The van der Waals surface area contributed by atoms with E-state index in [4.69, 9.17) is 9.47 Å². The van der Waals surface area contributed by atoms with E-state index in [1.54, 1.807) is 57.7 Å². The van der Waals surface area contributed by atoms with Gasteiger partial charge in [-0.1, -0.05) is 18.2 Å². The van der Waals surface area contributed by atoms with Gasteiger partial charge >= 0.3 is 0 Å². The van der Waals surface area contributed by atoms with Crippen molar-refractivity contribution in [2.75, 3.05) is 40.7 Å². The normalized spacial score (nSPS) is 12.0. The third-order valence-corrected chi connectivity index (χ3v) is 5.96. The van der Waals surface area contributed by atoms with Crippen LogP contribution in [0, 0.1) is 0 Å². The minimum absolute atomic E-state index is 0.258. The van der Waals surface area contributed by atoms with Gasteiger partial charge in [-0.3, -0.25) is 4.99 Å². The van der Waals surface area contributed by atoms with Crippen molar-refractivity contribution in [2.45, 2.75) is 11.4 Å². The zero-order chi connectivity index (χ0) is 20.7. The van der Waals surface area contributed by atoms with E-state index in [-0.39, 0.29) is 11.4 Å². The number of hydrogen-bond acceptors (Lipinski definition) is 5. The molecule has 0 spiro atoms. The van der Waals surface area contributed by atoms with Crippen LogP contribution in [0.1, 0.15) is 5.56 Å². The highest BCUT2D eigenvalue weighted by Crippen LogP contribution is 2.29. The van der Waals surface area contributed by atoms with Gasteiger partial charge in [-0.05, 0) is 23.8 Å². The topological polar surface area (TPSA) is 92.3 Å². The Morgan fingerprint density at radius 2 is 1.75 bits per heavy atom. The summed E-state index contributed by atoms with van der Waals surface area (Å²) >= 11 is 0. The SMILES string of the molecule is CN=C(NCc1ccccc1S(=O)(=O)N(C)C)Nc1ccc(OC)c(OC)c1. The minimum Gasteiger partial charge on any atom is -0.493 e. The lowest BCUT2D eigenvalue weighted by Gasteiger charge is -2.17. The molecule has 9 heteroatoms. The van der Waals surface area contributed by atoms with Gasteiger partial charge in [0.2, 0.25) is 10.0 Å². The van der Waals surface area contributed by atoms with Crippen molar-refractivity contribution >= 4 is 21.7 Å². The Morgan fingerprint density at radius 3 is 2.36 bits per heavy atom. The first kappa shape index (κ1) is 21.5. The number of hydrogen-bond donors (Lipinski definition) is 2. The summed E-state index contributed by atoms with van der Waals surface area (Å²) in [4.78, 5) is 4.44. The monoisotopic (exact) mass is 406 g/mol. The second kappa shape index (κ2) is 9.43. The van der Waals surface area contributed by atoms with Crippen LogP contribution in [0.25, 0.3) is 0 Å². The second-order valence-corrected chi connectivity index (χ2v) is 8.14. The van der Waals surface area contributed by atoms with Crippen LogP contribution in [0.4, 0.5) is 5.69 Å². The number of rotatable bonds is 7. The van der Waals surface area contributed by atoms with Gasteiger partial charge in [0.1, 0.15) is 0 Å². The summed E-state index contributed by atoms with van der Waals surface area (Å²) < 4.78 is 36.8. The minimum atomic E-state index is -3.54. The largest absolute Gasteiger partial charge is 0.493 e. The Bertz CT molecular complexity index is 943. The van der Waals surface area contributed by atoms with E-state index in [0.717, 1.165) is 5.69 Å². The van der Waals surface area contributed by atoms with Crippen LogP contribution >= 0.6 is 0 Å². The highest BCUT2D eigenvalue weighted by Gasteiger charge is 2.20. The molecule has 2 rings (SSSR count). The van der Waals surface area contributed by atoms with Crippen LogP contribution in [0.3, 0.4) is 0 Å². The molecule has 0 aliphatic rings. The number of aliphatic imine (C=N–C) groups is 1. The fourth-order valence-corrected chi connectivity index (χ4v) is 3.62. The zero-order valence-corrected chi connectivity index (χ0v) is 17.5. The van der Waals surface area contributed by atoms with E-state index in [9.17, 15) is 8.42 Å². The third-order valence-electron chi connectivity index (χ3n) is 4.05. The second-order valence-electron chi connectivity index (χ2n) is 6.02. The lowest BCUT2D eigenvalue weighted by Crippen LogP contribution is -2.31. The van der Waals surface area contributed by atoms with E-state index < -0.39 is 10.0 Å². The number of benzene rings is 2. The molecule has 0 aromatic heterocycles. The number of guanidine groups is 1. The average molecular weight is 407 g/mol. The third kappa shape index (κ3) is 4.93. The van der Waals surface area contributed by atoms with Crippen LogP contribution in [0.15, 0.2) is 52.4 Å². The maximum absolute atomic E-state index is 12.5. The standard InChI is InChI=1S/C19H26N4O4S/c1-20-19(22-15-10-11-16(26-4)17(12-15)27-5)21-13-14-8-6-7-9-18(14)28(24,25)23(2)3/h6-12H,13H2,1-5H3,(H2,20,21,22). The first-order chi connectivity index (χ1) is 13.3. The molecule has 152 valence electrons. The van der Waals surface area contributed by atoms with Gasteiger partial charge in [0.15, 0.2) is 17.5 Å². The molecular weight excluding hydrogens is 380 g/mol. The van der Waals surface area contributed by atoms with Crippen molar-refractivity contribution in [3.8, 4) is 11.5 Å². The number of sulfonamides is 1. The first-order valence-corrected chi connectivity index (χ1v) is 9.97. The van der Waals surface area contributed by atoms with Crippen molar-refractivity contribution in [3.05, 3.63) is 48.0 Å². The quantitative estimate of drug-likeness (QED) is 0.541. The van der Waals surface area contributed by atoms with Crippen molar-refractivity contribution in [2.24, 2.45) is 4.99 Å². The maximum Gasteiger partial charge on any atom is 0.242 e. The summed E-state index contributed by atoms with van der Waals surface area (Å²) in [6.45, 7) is 0.288. The highest BCUT2D eigenvalue weighted by atomic mass is 32.2. The van der Waals surface area contributed by atoms with Gasteiger partial charge in [0.25, 0.3) is 0 Å². The van der Waals surface area contributed by atoms with Crippen molar-refractivity contribution in [1.29, 1.82) is 0 Å². The summed E-state index contributed by atoms with van der Waals surface area (Å²) in [5.41, 5.74) is 1.39. The van der Waals surface area contributed by atoms with E-state index in [2.05, 4.69) is 15.6 Å². The van der Waals surface area contributed by atoms with Gasteiger partial charge in [0.05, 0.1) is 19.1 Å². The molecule has 0 amide bonds. The van der Waals surface area contributed by atoms with Crippen molar-refractivity contribution in [3.63, 3.8) is 0 Å². The Morgan fingerprint density at radius 1 is 1.07 bits per heavy atom. The van der Waals surface area contributed by atoms with Crippen molar-refractivity contribution in [1.82, 2.24) is 9.62 Å². The summed E-state index contributed by atoms with van der Waals surface area (Å²) in [6.07, 6.45) is 0. The Balaban J connectivity index is 2.16. The Labute approximate surface area is 166 Å². The molecule has 0 bridgehead atoms. The van der Waals surface area contributed by atoms with E-state index in [0.29, 0.717) is 23.0 Å². The maximum atomic E-state index is 12.5. The molecule has 0 heterocycles. The number of nitrogens with one attached hydrogen (secondary N) is 2. The first-order valence-electron chi connectivity index (χ1n) is 8.53. The molecule has 0 aliphatic heterocycles. The molecule has 0 fully saturated rings. The fourth-order valence-electron chi connectivity index (χ4n) is 2.51. The summed E-state index contributed by atoms with van der Waals surface area (Å²) in [6, 6.07) is 12.3. The van der Waals surface area contributed by atoms with E-state index >= 15 is 0 Å².